The Kier molecular flexibility index (Phi) is 5.20. The summed E-state index contributed by atoms with van der Waals surface area (Å²) < 4.78 is 5.77. The summed E-state index contributed by atoms with van der Waals surface area (Å²) in [5.41, 5.74) is 2.36. The smallest absolute Gasteiger partial charge is 0.272 e. The molecule has 21 heavy (non-hydrogen) atoms. The van der Waals surface area contributed by atoms with Gasteiger partial charge < -0.3 is 4.74 Å². The highest BCUT2D eigenvalue weighted by Gasteiger charge is 2.14. The van der Waals surface area contributed by atoms with Gasteiger partial charge in [-0.2, -0.15) is 0 Å². The molecule has 2 aromatic carbocycles. The second-order valence-corrected chi connectivity index (χ2v) is 5.43. The topological polar surface area (TPSA) is 52.4 Å². The molecule has 2 aromatic rings. The molecular weight excluding hydrogens is 358 g/mol. The maximum Gasteiger partial charge on any atom is 0.272 e. The highest BCUT2D eigenvalue weighted by Crippen LogP contribution is 2.30. The lowest BCUT2D eigenvalue weighted by atomic mass is 10.1. The van der Waals surface area contributed by atoms with Crippen molar-refractivity contribution in [3.05, 3.63) is 68.2 Å². The molecule has 0 atom stereocenters. The van der Waals surface area contributed by atoms with E-state index in [1.54, 1.807) is 19.1 Å². The van der Waals surface area contributed by atoms with Crippen molar-refractivity contribution in [2.75, 3.05) is 0 Å². The van der Waals surface area contributed by atoms with Gasteiger partial charge in [0.25, 0.3) is 5.69 Å². The zero-order valence-electron chi connectivity index (χ0n) is 11.3. The second kappa shape index (κ2) is 6.91. The van der Waals surface area contributed by atoms with Crippen LogP contribution in [0, 0.1) is 17.0 Å². The van der Waals surface area contributed by atoms with Crippen molar-refractivity contribution in [2.45, 2.75) is 18.9 Å². The summed E-state index contributed by atoms with van der Waals surface area (Å²) in [5.74, 6) is 0.672. The molecule has 0 saturated heterocycles. The van der Waals surface area contributed by atoms with Gasteiger partial charge in [0.1, 0.15) is 12.4 Å². The number of alkyl halides is 1. The third kappa shape index (κ3) is 3.54. The number of nitrogens with zero attached hydrogens (tertiary/aromatic N) is 1. The van der Waals surface area contributed by atoms with Crippen LogP contribution < -0.4 is 4.74 Å². The first-order chi connectivity index (χ1) is 10.0. The molecule has 0 aliphatic heterocycles. The van der Waals surface area contributed by atoms with Gasteiger partial charge in [-0.1, -0.05) is 45.7 Å². The van der Waals surface area contributed by atoms with E-state index in [2.05, 4.69) is 15.9 Å². The van der Waals surface area contributed by atoms with Crippen molar-refractivity contribution >= 4 is 33.2 Å². The predicted molar refractivity (Wildman–Crippen MR) is 86.2 cm³/mol. The fourth-order valence-corrected chi connectivity index (χ4v) is 2.96. The fourth-order valence-electron chi connectivity index (χ4n) is 1.98. The molecular formula is C15H13BrClNO3. The molecule has 0 bridgehead atoms. The first-order valence-corrected chi connectivity index (χ1v) is 7.73. The van der Waals surface area contributed by atoms with Crippen molar-refractivity contribution in [3.63, 3.8) is 0 Å². The van der Waals surface area contributed by atoms with Gasteiger partial charge in [-0.3, -0.25) is 10.1 Å². The summed E-state index contributed by atoms with van der Waals surface area (Å²) in [6.45, 7) is 1.98. The number of ether oxygens (including phenoxy) is 1. The zero-order valence-corrected chi connectivity index (χ0v) is 13.6. The molecule has 0 aliphatic carbocycles. The SMILES string of the molecule is Cc1c(COc2cccc(Cl)c2CBr)cccc1[N+](=O)[O-]. The first kappa shape index (κ1) is 15.8. The highest BCUT2D eigenvalue weighted by atomic mass is 79.9. The summed E-state index contributed by atoms with van der Waals surface area (Å²) >= 11 is 9.49. The number of hydrogen-bond acceptors (Lipinski definition) is 3. The fraction of sp³-hybridized carbons (Fsp3) is 0.200. The molecule has 0 fully saturated rings. The Morgan fingerprint density at radius 1 is 1.29 bits per heavy atom. The molecule has 0 radical (unpaired) electrons. The quantitative estimate of drug-likeness (QED) is 0.421. The Morgan fingerprint density at radius 2 is 2.00 bits per heavy atom. The van der Waals surface area contributed by atoms with Gasteiger partial charge >= 0.3 is 0 Å². The van der Waals surface area contributed by atoms with Crippen LogP contribution in [0.1, 0.15) is 16.7 Å². The molecule has 0 aliphatic rings. The van der Waals surface area contributed by atoms with E-state index in [4.69, 9.17) is 16.3 Å². The van der Waals surface area contributed by atoms with Gasteiger partial charge in [-0.05, 0) is 24.6 Å². The normalized spacial score (nSPS) is 10.4. The lowest BCUT2D eigenvalue weighted by molar-refractivity contribution is -0.385. The van der Waals surface area contributed by atoms with Crippen LogP contribution in [0.5, 0.6) is 5.75 Å². The third-order valence-electron chi connectivity index (χ3n) is 3.21. The molecule has 0 spiro atoms. The van der Waals surface area contributed by atoms with Gasteiger partial charge in [0.2, 0.25) is 0 Å². The van der Waals surface area contributed by atoms with E-state index < -0.39 is 0 Å². The molecule has 2 rings (SSSR count). The van der Waals surface area contributed by atoms with Crippen LogP contribution in [0.15, 0.2) is 36.4 Å². The van der Waals surface area contributed by atoms with Gasteiger partial charge in [0.15, 0.2) is 0 Å². The third-order valence-corrected chi connectivity index (χ3v) is 4.12. The molecule has 110 valence electrons. The van der Waals surface area contributed by atoms with Crippen LogP contribution in [0.3, 0.4) is 0 Å². The molecule has 0 unspecified atom stereocenters. The molecule has 0 aromatic heterocycles. The maximum absolute atomic E-state index is 10.9. The maximum atomic E-state index is 10.9. The largest absolute Gasteiger partial charge is 0.489 e. The summed E-state index contributed by atoms with van der Waals surface area (Å²) in [6, 6.07) is 10.4. The summed E-state index contributed by atoms with van der Waals surface area (Å²) in [7, 11) is 0. The lowest BCUT2D eigenvalue weighted by Crippen LogP contribution is -2.02. The summed E-state index contributed by atoms with van der Waals surface area (Å²) in [5, 5.41) is 12.1. The van der Waals surface area contributed by atoms with Crippen LogP contribution in [0.4, 0.5) is 5.69 Å². The van der Waals surface area contributed by atoms with Crippen molar-refractivity contribution in [1.82, 2.24) is 0 Å². The predicted octanol–water partition coefficient (Wildman–Crippen LogP) is 5.03. The first-order valence-electron chi connectivity index (χ1n) is 6.23. The van der Waals surface area contributed by atoms with Crippen LogP contribution in [0.2, 0.25) is 5.02 Å². The van der Waals surface area contributed by atoms with Gasteiger partial charge in [-0.15, -0.1) is 0 Å². The Labute approximate surface area is 136 Å². The van der Waals surface area contributed by atoms with E-state index in [1.807, 2.05) is 18.2 Å². The molecule has 6 heteroatoms. The zero-order chi connectivity index (χ0) is 15.4. The van der Waals surface area contributed by atoms with E-state index in [0.717, 1.165) is 11.1 Å². The Bertz CT molecular complexity index is 676. The number of halogens is 2. The summed E-state index contributed by atoms with van der Waals surface area (Å²) in [6.07, 6.45) is 0. The number of benzene rings is 2. The summed E-state index contributed by atoms with van der Waals surface area (Å²) in [4.78, 5) is 10.5. The molecule has 0 N–H and O–H groups in total. The van der Waals surface area contributed by atoms with Gasteiger partial charge in [0.05, 0.1) is 4.92 Å². The van der Waals surface area contributed by atoms with E-state index in [9.17, 15) is 10.1 Å². The van der Waals surface area contributed by atoms with Crippen LogP contribution >= 0.6 is 27.5 Å². The molecule has 4 nitrogen and oxygen atoms in total. The van der Waals surface area contributed by atoms with Crippen molar-refractivity contribution < 1.29 is 9.66 Å². The number of hydrogen-bond donors (Lipinski definition) is 0. The molecule has 0 amide bonds. The van der Waals surface area contributed by atoms with Gasteiger partial charge in [0, 0.05) is 27.5 Å². The minimum Gasteiger partial charge on any atom is -0.489 e. The lowest BCUT2D eigenvalue weighted by Gasteiger charge is -2.12. The van der Waals surface area contributed by atoms with E-state index in [-0.39, 0.29) is 17.2 Å². The van der Waals surface area contributed by atoms with E-state index in [0.29, 0.717) is 21.7 Å². The Balaban J connectivity index is 2.23. The number of nitro groups is 1. The van der Waals surface area contributed by atoms with Gasteiger partial charge in [-0.25, -0.2) is 0 Å². The number of nitro benzene ring substituents is 1. The minimum atomic E-state index is -0.387. The van der Waals surface area contributed by atoms with Crippen molar-refractivity contribution in [1.29, 1.82) is 0 Å². The average Bonchev–Trinajstić information content (AvgIpc) is 2.46. The van der Waals surface area contributed by atoms with Crippen LogP contribution in [-0.2, 0) is 11.9 Å². The van der Waals surface area contributed by atoms with Crippen molar-refractivity contribution in [3.8, 4) is 5.75 Å². The minimum absolute atomic E-state index is 0.0999. The monoisotopic (exact) mass is 369 g/mol. The van der Waals surface area contributed by atoms with Crippen LogP contribution in [0.25, 0.3) is 0 Å². The molecule has 0 saturated carbocycles. The molecule has 0 heterocycles. The number of rotatable bonds is 5. The standard InChI is InChI=1S/C15H13BrClNO3/c1-10-11(4-2-6-14(10)18(19)20)9-21-15-7-3-5-13(17)12(15)8-16/h2-7H,8-9H2,1H3. The van der Waals surface area contributed by atoms with E-state index >= 15 is 0 Å². The van der Waals surface area contributed by atoms with Crippen LogP contribution in [-0.4, -0.2) is 4.92 Å². The highest BCUT2D eigenvalue weighted by molar-refractivity contribution is 9.08. The Hall–Kier alpha value is -1.59. The Morgan fingerprint density at radius 3 is 2.67 bits per heavy atom. The second-order valence-electron chi connectivity index (χ2n) is 4.46. The average molecular weight is 371 g/mol. The van der Waals surface area contributed by atoms with Crippen molar-refractivity contribution in [2.24, 2.45) is 0 Å². The van der Waals surface area contributed by atoms with E-state index in [1.165, 1.54) is 6.07 Å².